The Kier molecular flexibility index (Phi) is 4.87. The zero-order valence-corrected chi connectivity index (χ0v) is 19.3. The summed E-state index contributed by atoms with van der Waals surface area (Å²) in [4.78, 5) is 25.8. The van der Waals surface area contributed by atoms with Gasteiger partial charge in [0.1, 0.15) is 17.2 Å². The van der Waals surface area contributed by atoms with Crippen molar-refractivity contribution in [2.75, 3.05) is 34.3 Å². The first-order chi connectivity index (χ1) is 16.4. The van der Waals surface area contributed by atoms with Crippen LogP contribution in [-0.4, -0.2) is 49.3 Å². The molecule has 4 N–H and O–H groups in total. The highest BCUT2D eigenvalue weighted by Gasteiger charge is 2.30. The first kappa shape index (κ1) is 21.1. The molecule has 1 aromatic carbocycles. The number of nitrogens with zero attached hydrogens (tertiary/aromatic N) is 4. The third-order valence-corrected chi connectivity index (χ3v) is 8.17. The number of amides is 1. The molecular formula is C23H24N6O4S. The maximum atomic E-state index is 12.2. The molecule has 0 unspecified atom stereocenters. The van der Waals surface area contributed by atoms with Crippen molar-refractivity contribution >= 4 is 55.9 Å². The standard InChI is InChI=1S/C23H24N6O4S/c1-24-21-16-11-25-20(28-22(30)13-3-4-13)10-15(16)17(12-26-21)23-27-18-9-14(5-6-19(18)33-23)29-7-2-8-34(29,31)32/h5-6,9-13,31-32H,2-4,7-8H2,1H3,(H,24,26)(H,25,28,30). The molecule has 11 heteroatoms. The van der Waals surface area contributed by atoms with Crippen LogP contribution in [0, 0.1) is 5.92 Å². The first-order valence-corrected chi connectivity index (χ1v) is 12.8. The number of aromatic nitrogens is 3. The normalized spacial score (nSPS) is 18.4. The summed E-state index contributed by atoms with van der Waals surface area (Å²) < 4.78 is 28.4. The number of hydrogen-bond donors (Lipinski definition) is 4. The van der Waals surface area contributed by atoms with E-state index in [4.69, 9.17) is 4.42 Å². The number of fused-ring (bicyclic) bond motifs is 2. The summed E-state index contributed by atoms with van der Waals surface area (Å²) in [6, 6.07) is 7.22. The van der Waals surface area contributed by atoms with E-state index in [1.54, 1.807) is 29.8 Å². The van der Waals surface area contributed by atoms with E-state index in [0.717, 1.165) is 30.0 Å². The van der Waals surface area contributed by atoms with Crippen molar-refractivity contribution in [3.05, 3.63) is 36.7 Å². The molecule has 1 saturated carbocycles. The largest absolute Gasteiger partial charge is 0.436 e. The Bertz CT molecular complexity index is 1430. The van der Waals surface area contributed by atoms with Gasteiger partial charge in [-0.05, 0) is 43.5 Å². The Balaban J connectivity index is 1.43. The number of benzene rings is 1. The van der Waals surface area contributed by atoms with Gasteiger partial charge in [-0.3, -0.25) is 18.2 Å². The molecule has 3 aromatic heterocycles. The van der Waals surface area contributed by atoms with E-state index in [-0.39, 0.29) is 11.8 Å². The predicted molar refractivity (Wildman–Crippen MR) is 133 cm³/mol. The Morgan fingerprint density at radius 3 is 2.76 bits per heavy atom. The minimum Gasteiger partial charge on any atom is -0.436 e. The van der Waals surface area contributed by atoms with Crippen molar-refractivity contribution in [1.29, 1.82) is 0 Å². The zero-order chi connectivity index (χ0) is 23.4. The lowest BCUT2D eigenvalue weighted by Crippen LogP contribution is -2.21. The number of carbonyl (C=O) groups excluding carboxylic acids is 1. The van der Waals surface area contributed by atoms with Crippen molar-refractivity contribution in [1.82, 2.24) is 15.0 Å². The van der Waals surface area contributed by atoms with Crippen LogP contribution in [0.1, 0.15) is 19.3 Å². The lowest BCUT2D eigenvalue weighted by Gasteiger charge is -2.38. The van der Waals surface area contributed by atoms with Gasteiger partial charge in [-0.2, -0.15) is 0 Å². The van der Waals surface area contributed by atoms with Crippen molar-refractivity contribution in [3.63, 3.8) is 0 Å². The molecule has 0 bridgehead atoms. The second kappa shape index (κ2) is 7.83. The summed E-state index contributed by atoms with van der Waals surface area (Å²) in [5.41, 5.74) is 2.56. The fourth-order valence-electron chi connectivity index (χ4n) is 4.29. The minimum atomic E-state index is -2.79. The molecular weight excluding hydrogens is 456 g/mol. The summed E-state index contributed by atoms with van der Waals surface area (Å²) in [6.07, 6.45) is 5.92. The third-order valence-electron chi connectivity index (χ3n) is 6.23. The molecule has 0 spiro atoms. The maximum Gasteiger partial charge on any atom is 0.229 e. The molecule has 4 heterocycles. The van der Waals surface area contributed by atoms with E-state index in [1.165, 1.54) is 0 Å². The van der Waals surface area contributed by atoms with Gasteiger partial charge in [-0.15, -0.1) is 10.8 Å². The summed E-state index contributed by atoms with van der Waals surface area (Å²) in [5, 5.41) is 7.53. The summed E-state index contributed by atoms with van der Waals surface area (Å²) in [7, 11) is -1.01. The van der Waals surface area contributed by atoms with Crippen LogP contribution in [0.2, 0.25) is 0 Å². The molecule has 0 radical (unpaired) electrons. The molecule has 2 aliphatic rings. The molecule has 176 valence electrons. The quantitative estimate of drug-likeness (QED) is 0.320. The molecule has 6 rings (SSSR count). The summed E-state index contributed by atoms with van der Waals surface area (Å²) in [6.45, 7) is 0.584. The summed E-state index contributed by atoms with van der Waals surface area (Å²) in [5.74, 6) is 1.94. The van der Waals surface area contributed by atoms with Crippen LogP contribution in [0.4, 0.5) is 17.3 Å². The molecule has 1 aliphatic heterocycles. The Labute approximate surface area is 196 Å². The van der Waals surface area contributed by atoms with Gasteiger partial charge in [0.15, 0.2) is 5.58 Å². The Morgan fingerprint density at radius 1 is 1.18 bits per heavy atom. The molecule has 2 fully saturated rings. The monoisotopic (exact) mass is 480 g/mol. The maximum absolute atomic E-state index is 12.2. The molecule has 1 amide bonds. The van der Waals surface area contributed by atoms with Crippen molar-refractivity contribution in [2.24, 2.45) is 5.92 Å². The van der Waals surface area contributed by atoms with Crippen LogP contribution >= 0.6 is 10.8 Å². The van der Waals surface area contributed by atoms with Crippen LogP contribution in [0.5, 0.6) is 0 Å². The molecule has 0 atom stereocenters. The molecule has 34 heavy (non-hydrogen) atoms. The van der Waals surface area contributed by atoms with E-state index < -0.39 is 10.8 Å². The van der Waals surface area contributed by atoms with E-state index in [2.05, 4.69) is 25.6 Å². The summed E-state index contributed by atoms with van der Waals surface area (Å²) >= 11 is 0. The third kappa shape index (κ3) is 3.61. The predicted octanol–water partition coefficient (Wildman–Crippen LogP) is 4.70. The van der Waals surface area contributed by atoms with Crippen molar-refractivity contribution in [3.8, 4) is 11.5 Å². The average Bonchev–Trinajstić information content (AvgIpc) is 3.50. The van der Waals surface area contributed by atoms with Gasteiger partial charge in [0.2, 0.25) is 11.8 Å². The minimum absolute atomic E-state index is 0.0152. The SMILES string of the molecule is CNc1ncc(-c2nc3cc(N4CCCS4(O)O)ccc3o2)c2cc(NC(=O)C3CC3)ncc12. The fourth-order valence-corrected chi connectivity index (χ4v) is 5.90. The van der Waals surface area contributed by atoms with E-state index in [9.17, 15) is 13.9 Å². The van der Waals surface area contributed by atoms with Crippen LogP contribution in [-0.2, 0) is 4.79 Å². The zero-order valence-electron chi connectivity index (χ0n) is 18.5. The highest BCUT2D eigenvalue weighted by molar-refractivity contribution is 8.25. The Hall–Kier alpha value is -3.41. The fraction of sp³-hybridized carbons (Fsp3) is 0.304. The van der Waals surface area contributed by atoms with Gasteiger partial charge in [0.25, 0.3) is 0 Å². The Morgan fingerprint density at radius 2 is 2.03 bits per heavy atom. The molecule has 1 aliphatic carbocycles. The van der Waals surface area contributed by atoms with Gasteiger partial charge < -0.3 is 15.1 Å². The number of anilines is 3. The van der Waals surface area contributed by atoms with E-state index in [1.807, 2.05) is 18.2 Å². The average molecular weight is 481 g/mol. The number of pyridine rings is 2. The number of nitrogens with one attached hydrogen (secondary N) is 2. The number of hydrogen-bond acceptors (Lipinski definition) is 9. The van der Waals surface area contributed by atoms with Gasteiger partial charge >= 0.3 is 0 Å². The van der Waals surface area contributed by atoms with E-state index in [0.29, 0.717) is 52.2 Å². The number of carbonyl (C=O) groups is 1. The number of rotatable bonds is 5. The van der Waals surface area contributed by atoms with E-state index >= 15 is 0 Å². The van der Waals surface area contributed by atoms with Crippen LogP contribution in [0.15, 0.2) is 41.1 Å². The molecule has 1 saturated heterocycles. The smallest absolute Gasteiger partial charge is 0.229 e. The van der Waals surface area contributed by atoms with Crippen molar-refractivity contribution in [2.45, 2.75) is 19.3 Å². The second-order valence-corrected chi connectivity index (χ2v) is 10.7. The second-order valence-electron chi connectivity index (χ2n) is 8.61. The van der Waals surface area contributed by atoms with Gasteiger partial charge in [-0.25, -0.2) is 15.0 Å². The first-order valence-electron chi connectivity index (χ1n) is 11.1. The van der Waals surface area contributed by atoms with Crippen LogP contribution in [0.3, 0.4) is 0 Å². The molecule has 4 aromatic rings. The van der Waals surface area contributed by atoms with Gasteiger partial charge in [0.05, 0.1) is 17.0 Å². The topological polar surface area (TPSA) is 137 Å². The number of oxazole rings is 1. The lowest BCUT2D eigenvalue weighted by molar-refractivity contribution is -0.117. The van der Waals surface area contributed by atoms with Gasteiger partial charge in [0, 0.05) is 42.7 Å². The van der Waals surface area contributed by atoms with Crippen LogP contribution in [0.25, 0.3) is 33.3 Å². The van der Waals surface area contributed by atoms with Crippen molar-refractivity contribution < 1.29 is 18.3 Å². The van der Waals surface area contributed by atoms with Gasteiger partial charge in [-0.1, -0.05) is 0 Å². The highest BCUT2D eigenvalue weighted by Crippen LogP contribution is 2.51. The lowest BCUT2D eigenvalue weighted by atomic mass is 10.1. The van der Waals surface area contributed by atoms with Crippen LogP contribution < -0.4 is 14.9 Å². The highest BCUT2D eigenvalue weighted by atomic mass is 32.3. The molecule has 10 nitrogen and oxygen atoms in total.